The van der Waals surface area contributed by atoms with Gasteiger partial charge in [-0.3, -0.25) is 0 Å². The Morgan fingerprint density at radius 1 is 1.19 bits per heavy atom. The van der Waals surface area contributed by atoms with Crippen molar-refractivity contribution in [3.63, 3.8) is 0 Å². The van der Waals surface area contributed by atoms with E-state index in [4.69, 9.17) is 5.73 Å². The van der Waals surface area contributed by atoms with E-state index >= 15 is 0 Å². The molecule has 1 aromatic rings. The lowest BCUT2D eigenvalue weighted by Gasteiger charge is -2.54. The van der Waals surface area contributed by atoms with Crippen LogP contribution < -0.4 is 11.1 Å². The Labute approximate surface area is 127 Å². The molecule has 1 aliphatic heterocycles. The van der Waals surface area contributed by atoms with Crippen molar-refractivity contribution in [3.8, 4) is 0 Å². The Morgan fingerprint density at radius 3 is 2.24 bits per heavy atom. The van der Waals surface area contributed by atoms with Crippen molar-refractivity contribution in [2.45, 2.75) is 64.2 Å². The molecule has 1 aromatic carbocycles. The maximum Gasteiger partial charge on any atom is 0.318 e. The monoisotopic (exact) mass is 289 g/mol. The van der Waals surface area contributed by atoms with Gasteiger partial charge in [0.1, 0.15) is 0 Å². The maximum absolute atomic E-state index is 12.7. The molecule has 1 aliphatic rings. The average molecular weight is 289 g/mol. The van der Waals surface area contributed by atoms with Gasteiger partial charge >= 0.3 is 6.03 Å². The first kappa shape index (κ1) is 15.8. The standard InChI is InChI=1S/C17H27N3O/c1-16(2)10-14(18)11-17(3,4)20(16)15(21)19-12-13-8-6-5-7-9-13/h5-9,14H,10-12,18H2,1-4H3,(H,19,21). The van der Waals surface area contributed by atoms with Gasteiger partial charge < -0.3 is 16.0 Å². The van der Waals surface area contributed by atoms with Crippen LogP contribution in [0.3, 0.4) is 0 Å². The summed E-state index contributed by atoms with van der Waals surface area (Å²) in [6.45, 7) is 8.92. The maximum atomic E-state index is 12.7. The molecule has 0 aromatic heterocycles. The van der Waals surface area contributed by atoms with Gasteiger partial charge in [0.05, 0.1) is 0 Å². The number of hydrogen-bond acceptors (Lipinski definition) is 2. The van der Waals surface area contributed by atoms with Crippen molar-refractivity contribution in [2.24, 2.45) is 5.73 Å². The van der Waals surface area contributed by atoms with Gasteiger partial charge in [-0.15, -0.1) is 0 Å². The van der Waals surface area contributed by atoms with Crippen LogP contribution in [-0.4, -0.2) is 28.1 Å². The summed E-state index contributed by atoms with van der Waals surface area (Å²) in [5.41, 5.74) is 6.79. The fourth-order valence-electron chi connectivity index (χ4n) is 3.76. The summed E-state index contributed by atoms with van der Waals surface area (Å²) in [4.78, 5) is 14.6. The molecule has 1 saturated heterocycles. The smallest absolute Gasteiger partial charge is 0.318 e. The zero-order valence-electron chi connectivity index (χ0n) is 13.5. The topological polar surface area (TPSA) is 58.4 Å². The van der Waals surface area contributed by atoms with E-state index in [1.807, 2.05) is 35.2 Å². The van der Waals surface area contributed by atoms with Crippen molar-refractivity contribution in [3.05, 3.63) is 35.9 Å². The Bertz CT molecular complexity index is 478. The van der Waals surface area contributed by atoms with E-state index in [9.17, 15) is 4.79 Å². The van der Waals surface area contributed by atoms with Crippen LogP contribution in [0.4, 0.5) is 4.79 Å². The number of rotatable bonds is 2. The van der Waals surface area contributed by atoms with E-state index in [-0.39, 0.29) is 23.2 Å². The number of piperidine rings is 1. The van der Waals surface area contributed by atoms with Crippen LogP contribution >= 0.6 is 0 Å². The molecular formula is C17H27N3O. The molecule has 116 valence electrons. The molecule has 0 atom stereocenters. The molecular weight excluding hydrogens is 262 g/mol. The number of benzene rings is 1. The van der Waals surface area contributed by atoms with Crippen molar-refractivity contribution in [1.82, 2.24) is 10.2 Å². The minimum atomic E-state index is -0.234. The van der Waals surface area contributed by atoms with Gasteiger partial charge in [0.15, 0.2) is 0 Å². The van der Waals surface area contributed by atoms with Crippen LogP contribution in [0, 0.1) is 0 Å². The Kier molecular flexibility index (Phi) is 4.28. The number of hydrogen-bond donors (Lipinski definition) is 2. The molecule has 0 aliphatic carbocycles. The van der Waals surface area contributed by atoms with E-state index in [0.29, 0.717) is 6.54 Å². The number of carbonyl (C=O) groups is 1. The minimum absolute atomic E-state index is 0.0132. The second kappa shape index (κ2) is 5.68. The fourth-order valence-corrected chi connectivity index (χ4v) is 3.76. The molecule has 2 rings (SSSR count). The molecule has 0 unspecified atom stereocenters. The van der Waals surface area contributed by atoms with E-state index in [2.05, 4.69) is 33.0 Å². The van der Waals surface area contributed by atoms with Crippen molar-refractivity contribution in [2.75, 3.05) is 0 Å². The largest absolute Gasteiger partial charge is 0.334 e. The highest BCUT2D eigenvalue weighted by Crippen LogP contribution is 2.37. The number of carbonyl (C=O) groups excluding carboxylic acids is 1. The van der Waals surface area contributed by atoms with Gasteiger partial charge in [-0.25, -0.2) is 4.79 Å². The lowest BCUT2D eigenvalue weighted by molar-refractivity contribution is 0.00299. The summed E-state index contributed by atoms with van der Waals surface area (Å²) < 4.78 is 0. The van der Waals surface area contributed by atoms with Crippen LogP contribution in [-0.2, 0) is 6.54 Å². The van der Waals surface area contributed by atoms with E-state index in [1.54, 1.807) is 0 Å². The van der Waals surface area contributed by atoms with Gasteiger partial charge in [-0.05, 0) is 46.1 Å². The number of amides is 2. The number of nitrogens with one attached hydrogen (secondary N) is 1. The highest BCUT2D eigenvalue weighted by atomic mass is 16.2. The van der Waals surface area contributed by atoms with Crippen LogP contribution in [0.2, 0.25) is 0 Å². The van der Waals surface area contributed by atoms with Gasteiger partial charge in [0.2, 0.25) is 0 Å². The van der Waals surface area contributed by atoms with Crippen LogP contribution in [0.1, 0.15) is 46.1 Å². The lowest BCUT2D eigenvalue weighted by atomic mass is 9.77. The third-order valence-electron chi connectivity index (χ3n) is 4.22. The number of nitrogens with two attached hydrogens (primary N) is 1. The summed E-state index contributed by atoms with van der Waals surface area (Å²) in [6, 6.07) is 10.1. The second-order valence-electron chi connectivity index (χ2n) is 7.27. The van der Waals surface area contributed by atoms with Crippen molar-refractivity contribution >= 4 is 6.03 Å². The fraction of sp³-hybridized carbons (Fsp3) is 0.588. The van der Waals surface area contributed by atoms with E-state index in [1.165, 1.54) is 0 Å². The molecule has 0 saturated carbocycles. The third-order valence-corrected chi connectivity index (χ3v) is 4.22. The second-order valence-corrected chi connectivity index (χ2v) is 7.27. The van der Waals surface area contributed by atoms with Crippen molar-refractivity contribution in [1.29, 1.82) is 0 Å². The third kappa shape index (κ3) is 3.56. The van der Waals surface area contributed by atoms with Gasteiger partial charge in [-0.2, -0.15) is 0 Å². The van der Waals surface area contributed by atoms with Gasteiger partial charge in [0, 0.05) is 23.7 Å². The van der Waals surface area contributed by atoms with Gasteiger partial charge in [0.25, 0.3) is 0 Å². The lowest BCUT2D eigenvalue weighted by Crippen LogP contribution is -2.66. The van der Waals surface area contributed by atoms with E-state index in [0.717, 1.165) is 18.4 Å². The SMILES string of the molecule is CC1(C)CC(N)CC(C)(C)N1C(=O)NCc1ccccc1. The van der Waals surface area contributed by atoms with Crippen LogP contribution in [0.25, 0.3) is 0 Å². The highest BCUT2D eigenvalue weighted by Gasteiger charge is 2.46. The number of urea groups is 1. The number of likely N-dealkylation sites (tertiary alicyclic amines) is 1. The molecule has 21 heavy (non-hydrogen) atoms. The van der Waals surface area contributed by atoms with Crippen LogP contribution in [0.15, 0.2) is 30.3 Å². The Morgan fingerprint density at radius 2 is 1.71 bits per heavy atom. The normalized spacial score (nSPS) is 21.1. The molecule has 0 bridgehead atoms. The molecule has 1 heterocycles. The predicted octanol–water partition coefficient (Wildman–Crippen LogP) is 2.88. The molecule has 4 nitrogen and oxygen atoms in total. The highest BCUT2D eigenvalue weighted by molar-refractivity contribution is 5.76. The summed E-state index contributed by atoms with van der Waals surface area (Å²) in [7, 11) is 0. The summed E-state index contributed by atoms with van der Waals surface area (Å²) >= 11 is 0. The van der Waals surface area contributed by atoms with Crippen molar-refractivity contribution < 1.29 is 4.79 Å². The zero-order valence-corrected chi connectivity index (χ0v) is 13.5. The first-order chi connectivity index (χ1) is 9.72. The molecule has 0 radical (unpaired) electrons. The molecule has 0 spiro atoms. The van der Waals surface area contributed by atoms with Crippen LogP contribution in [0.5, 0.6) is 0 Å². The molecule has 2 amide bonds. The summed E-state index contributed by atoms with van der Waals surface area (Å²) in [6.07, 6.45) is 1.66. The quantitative estimate of drug-likeness (QED) is 0.879. The molecule has 4 heteroatoms. The average Bonchev–Trinajstić information content (AvgIpc) is 2.34. The Hall–Kier alpha value is -1.55. The Balaban J connectivity index is 2.09. The first-order valence-electron chi connectivity index (χ1n) is 7.60. The molecule has 3 N–H and O–H groups in total. The minimum Gasteiger partial charge on any atom is -0.334 e. The zero-order chi connectivity index (χ0) is 15.7. The number of nitrogens with zero attached hydrogens (tertiary/aromatic N) is 1. The predicted molar refractivity (Wildman–Crippen MR) is 85.9 cm³/mol. The van der Waals surface area contributed by atoms with E-state index < -0.39 is 0 Å². The summed E-state index contributed by atoms with van der Waals surface area (Å²) in [5.74, 6) is 0. The van der Waals surface area contributed by atoms with Gasteiger partial charge in [-0.1, -0.05) is 30.3 Å². The first-order valence-corrected chi connectivity index (χ1v) is 7.60. The summed E-state index contributed by atoms with van der Waals surface area (Å²) in [5, 5.41) is 3.04. The molecule has 1 fully saturated rings.